The van der Waals surface area contributed by atoms with E-state index in [0.717, 1.165) is 5.69 Å². The van der Waals surface area contributed by atoms with Crippen LogP contribution in [0, 0.1) is 5.82 Å². The Morgan fingerprint density at radius 2 is 1.53 bits per heavy atom. The molecule has 0 radical (unpaired) electrons. The van der Waals surface area contributed by atoms with E-state index in [1.165, 1.54) is 24.3 Å². The molecule has 0 saturated carbocycles. The zero-order chi connectivity index (χ0) is 23.7. The maximum Gasteiger partial charge on any atom is 0.274 e. The standard InChI is InChI=1S/C25H20ClFN4O3/c26-18-5-9-20(10-6-18)31-22(23-2-1-15-34-23)16-21(28-31)25(33)30-13-11-29(12-14-30)24(32)17-3-7-19(27)8-4-17/h1-10,15-16H,11-14H2. The van der Waals surface area contributed by atoms with Crippen molar-refractivity contribution in [3.8, 4) is 17.1 Å². The Bertz CT molecular complexity index is 1310. The van der Waals surface area contributed by atoms with Crippen molar-refractivity contribution in [1.29, 1.82) is 0 Å². The van der Waals surface area contributed by atoms with Crippen molar-refractivity contribution in [1.82, 2.24) is 19.6 Å². The zero-order valence-electron chi connectivity index (χ0n) is 18.0. The number of carbonyl (C=O) groups is 2. The van der Waals surface area contributed by atoms with Crippen LogP contribution in [0.1, 0.15) is 20.8 Å². The average Bonchev–Trinajstić information content (AvgIpc) is 3.55. The number of nitrogens with zero attached hydrogens (tertiary/aromatic N) is 4. The molecule has 172 valence electrons. The second-order valence-corrected chi connectivity index (χ2v) is 8.31. The highest BCUT2D eigenvalue weighted by Gasteiger charge is 2.28. The van der Waals surface area contributed by atoms with Gasteiger partial charge in [0.1, 0.15) is 11.5 Å². The Kier molecular flexibility index (Phi) is 5.90. The van der Waals surface area contributed by atoms with E-state index >= 15 is 0 Å². The monoisotopic (exact) mass is 478 g/mol. The van der Waals surface area contributed by atoms with E-state index in [-0.39, 0.29) is 23.3 Å². The molecule has 2 aromatic heterocycles. The molecule has 1 aliphatic heterocycles. The number of halogens is 2. The molecule has 1 fully saturated rings. The Labute approximate surface area is 199 Å². The lowest BCUT2D eigenvalue weighted by molar-refractivity contribution is 0.0532. The van der Waals surface area contributed by atoms with Gasteiger partial charge in [-0.15, -0.1) is 0 Å². The van der Waals surface area contributed by atoms with Gasteiger partial charge >= 0.3 is 0 Å². The normalized spacial score (nSPS) is 13.8. The fourth-order valence-corrected chi connectivity index (χ4v) is 4.04. The van der Waals surface area contributed by atoms with Gasteiger partial charge in [-0.25, -0.2) is 9.07 Å². The molecule has 5 rings (SSSR count). The molecular formula is C25H20ClFN4O3. The first-order valence-electron chi connectivity index (χ1n) is 10.7. The van der Waals surface area contributed by atoms with Gasteiger partial charge in [0.25, 0.3) is 11.8 Å². The minimum absolute atomic E-state index is 0.181. The van der Waals surface area contributed by atoms with Gasteiger partial charge in [-0.3, -0.25) is 9.59 Å². The molecule has 0 aliphatic carbocycles. The SMILES string of the molecule is O=C(c1ccc(F)cc1)N1CCN(C(=O)c2cc(-c3ccco3)n(-c3ccc(Cl)cc3)n2)CC1. The maximum atomic E-state index is 13.3. The summed E-state index contributed by atoms with van der Waals surface area (Å²) in [5.74, 6) is -0.219. The first kappa shape index (κ1) is 21.9. The van der Waals surface area contributed by atoms with E-state index in [0.29, 0.717) is 48.2 Å². The summed E-state index contributed by atoms with van der Waals surface area (Å²) in [6.45, 7) is 1.50. The first-order chi connectivity index (χ1) is 16.5. The minimum Gasteiger partial charge on any atom is -0.463 e. The number of aromatic nitrogens is 2. The quantitative estimate of drug-likeness (QED) is 0.432. The highest BCUT2D eigenvalue weighted by Crippen LogP contribution is 2.26. The molecule has 0 atom stereocenters. The number of piperazine rings is 1. The van der Waals surface area contributed by atoms with Crippen molar-refractivity contribution < 1.29 is 18.4 Å². The third-order valence-corrected chi connectivity index (χ3v) is 5.97. The number of furan rings is 1. The van der Waals surface area contributed by atoms with Gasteiger partial charge in [-0.2, -0.15) is 5.10 Å². The number of carbonyl (C=O) groups excluding carboxylic acids is 2. The maximum absolute atomic E-state index is 13.3. The number of rotatable bonds is 4. The van der Waals surface area contributed by atoms with Crippen molar-refractivity contribution in [3.63, 3.8) is 0 Å². The van der Waals surface area contributed by atoms with Crippen LogP contribution in [0.15, 0.2) is 77.4 Å². The van der Waals surface area contributed by atoms with E-state index in [1.807, 2.05) is 12.1 Å². The third-order valence-electron chi connectivity index (χ3n) is 5.72. The van der Waals surface area contributed by atoms with Crippen molar-refractivity contribution in [2.24, 2.45) is 0 Å². The molecule has 7 nitrogen and oxygen atoms in total. The lowest BCUT2D eigenvalue weighted by atomic mass is 10.1. The third kappa shape index (κ3) is 4.32. The molecule has 9 heteroatoms. The van der Waals surface area contributed by atoms with Crippen molar-refractivity contribution in [2.75, 3.05) is 26.2 Å². The molecule has 1 aliphatic rings. The fourth-order valence-electron chi connectivity index (χ4n) is 3.91. The predicted molar refractivity (Wildman–Crippen MR) is 124 cm³/mol. The van der Waals surface area contributed by atoms with Gasteiger partial charge in [0.2, 0.25) is 0 Å². The van der Waals surface area contributed by atoms with Crippen molar-refractivity contribution in [2.45, 2.75) is 0 Å². The molecule has 0 N–H and O–H groups in total. The largest absolute Gasteiger partial charge is 0.463 e. The molecule has 2 amide bonds. The van der Waals surface area contributed by atoms with Crippen LogP contribution in [0.25, 0.3) is 17.1 Å². The van der Waals surface area contributed by atoms with Crippen LogP contribution in [0.2, 0.25) is 5.02 Å². The summed E-state index contributed by atoms with van der Waals surface area (Å²) in [6.07, 6.45) is 1.56. The second kappa shape index (κ2) is 9.15. The summed E-state index contributed by atoms with van der Waals surface area (Å²) in [5.41, 5.74) is 2.08. The lowest BCUT2D eigenvalue weighted by Crippen LogP contribution is -2.50. The van der Waals surface area contributed by atoms with Crippen LogP contribution in [-0.2, 0) is 0 Å². The highest BCUT2D eigenvalue weighted by atomic mass is 35.5. The van der Waals surface area contributed by atoms with E-state index in [4.69, 9.17) is 16.0 Å². The second-order valence-electron chi connectivity index (χ2n) is 7.87. The Hall–Kier alpha value is -3.91. The summed E-state index contributed by atoms with van der Waals surface area (Å²) in [4.78, 5) is 29.3. The van der Waals surface area contributed by atoms with Crippen LogP contribution in [0.5, 0.6) is 0 Å². The lowest BCUT2D eigenvalue weighted by Gasteiger charge is -2.34. The number of amides is 2. The number of hydrogen-bond donors (Lipinski definition) is 0. The summed E-state index contributed by atoms with van der Waals surface area (Å²) >= 11 is 6.02. The summed E-state index contributed by atoms with van der Waals surface area (Å²) < 4.78 is 20.4. The van der Waals surface area contributed by atoms with Crippen LogP contribution in [-0.4, -0.2) is 57.6 Å². The molecular weight excluding hydrogens is 459 g/mol. The molecule has 0 spiro atoms. The van der Waals surface area contributed by atoms with E-state index in [1.54, 1.807) is 51.1 Å². The van der Waals surface area contributed by atoms with E-state index in [9.17, 15) is 14.0 Å². The molecule has 34 heavy (non-hydrogen) atoms. The molecule has 2 aromatic carbocycles. The molecule has 4 aromatic rings. The molecule has 3 heterocycles. The topological polar surface area (TPSA) is 71.6 Å². The van der Waals surface area contributed by atoms with Crippen molar-refractivity contribution >= 4 is 23.4 Å². The number of hydrogen-bond acceptors (Lipinski definition) is 4. The van der Waals surface area contributed by atoms with Gasteiger partial charge in [0.05, 0.1) is 12.0 Å². The first-order valence-corrected chi connectivity index (χ1v) is 11.1. The average molecular weight is 479 g/mol. The Balaban J connectivity index is 1.34. The predicted octanol–water partition coefficient (Wildman–Crippen LogP) is 4.52. The molecule has 0 unspecified atom stereocenters. The van der Waals surface area contributed by atoms with Crippen molar-refractivity contribution in [3.05, 3.63) is 95.1 Å². The van der Waals surface area contributed by atoms with Gasteiger partial charge in [-0.1, -0.05) is 11.6 Å². The summed E-state index contributed by atoms with van der Waals surface area (Å²) in [6, 6.07) is 17.9. The zero-order valence-corrected chi connectivity index (χ0v) is 18.8. The van der Waals surface area contributed by atoms with Gasteiger partial charge in [0, 0.05) is 42.8 Å². The number of benzene rings is 2. The van der Waals surface area contributed by atoms with Crippen LogP contribution in [0.4, 0.5) is 4.39 Å². The Morgan fingerprint density at radius 1 is 0.882 bits per heavy atom. The van der Waals surface area contributed by atoms with Gasteiger partial charge in [0.15, 0.2) is 11.5 Å². The minimum atomic E-state index is -0.390. The van der Waals surface area contributed by atoms with Crippen LogP contribution >= 0.6 is 11.6 Å². The Morgan fingerprint density at radius 3 is 2.15 bits per heavy atom. The highest BCUT2D eigenvalue weighted by molar-refractivity contribution is 6.30. The summed E-state index contributed by atoms with van der Waals surface area (Å²) in [5, 5.41) is 5.15. The van der Waals surface area contributed by atoms with E-state index in [2.05, 4.69) is 5.10 Å². The van der Waals surface area contributed by atoms with Crippen LogP contribution in [0.3, 0.4) is 0 Å². The van der Waals surface area contributed by atoms with Crippen LogP contribution < -0.4 is 0 Å². The summed E-state index contributed by atoms with van der Waals surface area (Å²) in [7, 11) is 0. The molecule has 1 saturated heterocycles. The van der Waals surface area contributed by atoms with Gasteiger partial charge < -0.3 is 14.2 Å². The van der Waals surface area contributed by atoms with Gasteiger partial charge in [-0.05, 0) is 60.7 Å². The fraction of sp³-hybridized carbons (Fsp3) is 0.160. The molecule has 0 bridgehead atoms. The van der Waals surface area contributed by atoms with E-state index < -0.39 is 0 Å². The smallest absolute Gasteiger partial charge is 0.274 e.